The van der Waals surface area contributed by atoms with Gasteiger partial charge in [-0.25, -0.2) is 4.79 Å². The molecule has 1 aliphatic carbocycles. The first kappa shape index (κ1) is 16.8. The number of carboxylic acid groups (broad SMARTS) is 1. The highest BCUT2D eigenvalue weighted by Crippen LogP contribution is 2.34. The molecule has 0 unspecified atom stereocenters. The van der Waals surface area contributed by atoms with Crippen LogP contribution in [0.25, 0.3) is 0 Å². The molecule has 0 aromatic carbocycles. The van der Waals surface area contributed by atoms with Crippen LogP contribution < -0.4 is 10.6 Å². The number of carbonyl (C=O) groups is 2. The van der Waals surface area contributed by atoms with Gasteiger partial charge in [-0.1, -0.05) is 25.7 Å². The van der Waals surface area contributed by atoms with Crippen molar-refractivity contribution in [3.05, 3.63) is 0 Å². The summed E-state index contributed by atoms with van der Waals surface area (Å²) in [5.74, 6) is -0.784. The van der Waals surface area contributed by atoms with Crippen LogP contribution in [0.1, 0.15) is 38.5 Å². The van der Waals surface area contributed by atoms with Crippen LogP contribution in [0.4, 0.5) is 4.79 Å². The van der Waals surface area contributed by atoms with E-state index in [1.165, 1.54) is 0 Å². The van der Waals surface area contributed by atoms with E-state index >= 15 is 0 Å². The Morgan fingerprint density at radius 1 is 1.10 bits per heavy atom. The van der Waals surface area contributed by atoms with Gasteiger partial charge in [0.05, 0.1) is 5.41 Å². The second-order valence-corrected chi connectivity index (χ2v) is 5.91. The molecule has 1 fully saturated rings. The molecule has 0 bridgehead atoms. The van der Waals surface area contributed by atoms with Crippen molar-refractivity contribution < 1.29 is 14.7 Å². The molecule has 1 rings (SSSR count). The Labute approximate surface area is 120 Å². The SMILES string of the molecule is CN(C)CCNC(=O)NCC1(C(=O)O)CCCCCC1. The number of hydrogen-bond acceptors (Lipinski definition) is 3. The van der Waals surface area contributed by atoms with Gasteiger partial charge in [-0.3, -0.25) is 4.79 Å². The highest BCUT2D eigenvalue weighted by Gasteiger charge is 2.38. The molecule has 0 aromatic heterocycles. The lowest BCUT2D eigenvalue weighted by Gasteiger charge is -2.28. The first-order valence-electron chi connectivity index (χ1n) is 7.36. The Kier molecular flexibility index (Phi) is 6.78. The van der Waals surface area contributed by atoms with E-state index in [0.29, 0.717) is 19.4 Å². The first-order chi connectivity index (χ1) is 9.46. The molecule has 3 N–H and O–H groups in total. The number of urea groups is 1. The van der Waals surface area contributed by atoms with Crippen LogP contribution >= 0.6 is 0 Å². The lowest BCUT2D eigenvalue weighted by atomic mass is 9.80. The summed E-state index contributed by atoms with van der Waals surface area (Å²) in [6.45, 7) is 1.53. The molecule has 0 radical (unpaired) electrons. The lowest BCUT2D eigenvalue weighted by molar-refractivity contribution is -0.149. The van der Waals surface area contributed by atoms with Crippen molar-refractivity contribution in [1.29, 1.82) is 0 Å². The minimum Gasteiger partial charge on any atom is -0.481 e. The third kappa shape index (κ3) is 5.36. The molecule has 0 aliphatic heterocycles. The van der Waals surface area contributed by atoms with Crippen LogP contribution in [0.15, 0.2) is 0 Å². The molecule has 0 spiro atoms. The molecule has 0 heterocycles. The summed E-state index contributed by atoms with van der Waals surface area (Å²) in [4.78, 5) is 25.2. The zero-order chi connectivity index (χ0) is 15.0. The molecule has 0 saturated heterocycles. The normalized spacial score (nSPS) is 18.4. The maximum absolute atomic E-state index is 11.7. The van der Waals surface area contributed by atoms with E-state index in [1.54, 1.807) is 0 Å². The van der Waals surface area contributed by atoms with Crippen LogP contribution in [-0.4, -0.2) is 55.7 Å². The predicted octanol–water partition coefficient (Wildman–Crippen LogP) is 1.27. The van der Waals surface area contributed by atoms with E-state index in [1.807, 2.05) is 19.0 Å². The van der Waals surface area contributed by atoms with Crippen LogP contribution in [0.5, 0.6) is 0 Å². The Morgan fingerprint density at radius 3 is 2.20 bits per heavy atom. The van der Waals surface area contributed by atoms with E-state index in [2.05, 4.69) is 10.6 Å². The lowest BCUT2D eigenvalue weighted by Crippen LogP contribution is -2.47. The van der Waals surface area contributed by atoms with Crippen molar-refractivity contribution in [3.8, 4) is 0 Å². The number of hydrogen-bond donors (Lipinski definition) is 3. The molecule has 0 atom stereocenters. The highest BCUT2D eigenvalue weighted by atomic mass is 16.4. The average Bonchev–Trinajstić information content (AvgIpc) is 2.62. The maximum atomic E-state index is 11.7. The largest absolute Gasteiger partial charge is 0.481 e. The molecular weight excluding hydrogens is 258 g/mol. The molecule has 1 aliphatic rings. The van der Waals surface area contributed by atoms with Crippen molar-refractivity contribution in [3.63, 3.8) is 0 Å². The number of amides is 2. The second-order valence-electron chi connectivity index (χ2n) is 5.91. The van der Waals surface area contributed by atoms with Gasteiger partial charge in [0.15, 0.2) is 0 Å². The van der Waals surface area contributed by atoms with E-state index in [0.717, 1.165) is 32.2 Å². The second kappa shape index (κ2) is 8.09. The van der Waals surface area contributed by atoms with Crippen molar-refractivity contribution in [1.82, 2.24) is 15.5 Å². The maximum Gasteiger partial charge on any atom is 0.314 e. The third-order valence-electron chi connectivity index (χ3n) is 3.95. The smallest absolute Gasteiger partial charge is 0.314 e. The van der Waals surface area contributed by atoms with Gasteiger partial charge in [-0.05, 0) is 26.9 Å². The topological polar surface area (TPSA) is 81.7 Å². The first-order valence-corrected chi connectivity index (χ1v) is 7.36. The summed E-state index contributed by atoms with van der Waals surface area (Å²) in [7, 11) is 3.87. The molecule has 116 valence electrons. The molecule has 2 amide bonds. The van der Waals surface area contributed by atoms with Crippen molar-refractivity contribution in [2.45, 2.75) is 38.5 Å². The van der Waals surface area contributed by atoms with Gasteiger partial charge < -0.3 is 20.6 Å². The molecule has 6 nitrogen and oxygen atoms in total. The quantitative estimate of drug-likeness (QED) is 0.642. The summed E-state index contributed by atoms with van der Waals surface area (Å²) in [6.07, 6.45) is 5.33. The van der Waals surface area contributed by atoms with Crippen LogP contribution in [-0.2, 0) is 4.79 Å². The van der Waals surface area contributed by atoms with E-state index in [-0.39, 0.29) is 12.6 Å². The number of nitrogens with one attached hydrogen (secondary N) is 2. The zero-order valence-electron chi connectivity index (χ0n) is 12.6. The Balaban J connectivity index is 2.42. The van der Waals surface area contributed by atoms with Crippen LogP contribution in [0, 0.1) is 5.41 Å². The molecule has 0 aromatic rings. The fourth-order valence-corrected chi connectivity index (χ4v) is 2.58. The van der Waals surface area contributed by atoms with E-state index in [9.17, 15) is 14.7 Å². The molecule has 6 heteroatoms. The number of carbonyl (C=O) groups excluding carboxylic acids is 1. The average molecular weight is 285 g/mol. The van der Waals surface area contributed by atoms with Gasteiger partial charge in [0.25, 0.3) is 0 Å². The molecular formula is C14H27N3O3. The van der Waals surface area contributed by atoms with Gasteiger partial charge in [0.2, 0.25) is 0 Å². The summed E-state index contributed by atoms with van der Waals surface area (Å²) in [5, 5.41) is 15.0. The number of aliphatic carboxylic acids is 1. The van der Waals surface area contributed by atoms with E-state index < -0.39 is 11.4 Å². The monoisotopic (exact) mass is 285 g/mol. The van der Waals surface area contributed by atoms with Gasteiger partial charge in [0.1, 0.15) is 0 Å². The summed E-state index contributed by atoms with van der Waals surface area (Å²) < 4.78 is 0. The van der Waals surface area contributed by atoms with Gasteiger partial charge in [0, 0.05) is 19.6 Å². The number of nitrogens with zero attached hydrogens (tertiary/aromatic N) is 1. The number of carboxylic acids is 1. The zero-order valence-corrected chi connectivity index (χ0v) is 12.6. The van der Waals surface area contributed by atoms with Crippen molar-refractivity contribution >= 4 is 12.0 Å². The molecule has 20 heavy (non-hydrogen) atoms. The van der Waals surface area contributed by atoms with Gasteiger partial charge in [-0.2, -0.15) is 0 Å². The minimum absolute atomic E-state index is 0.218. The van der Waals surface area contributed by atoms with Crippen molar-refractivity contribution in [2.24, 2.45) is 5.41 Å². The highest BCUT2D eigenvalue weighted by molar-refractivity contribution is 5.78. The standard InChI is InChI=1S/C14H27N3O3/c1-17(2)10-9-15-13(20)16-11-14(12(18)19)7-5-3-4-6-8-14/h3-11H2,1-2H3,(H,18,19)(H2,15,16,20). The fourth-order valence-electron chi connectivity index (χ4n) is 2.58. The Bertz CT molecular complexity index is 324. The summed E-state index contributed by atoms with van der Waals surface area (Å²) >= 11 is 0. The fraction of sp³-hybridized carbons (Fsp3) is 0.857. The molecule has 1 saturated carbocycles. The van der Waals surface area contributed by atoms with Crippen LogP contribution in [0.3, 0.4) is 0 Å². The van der Waals surface area contributed by atoms with Crippen LogP contribution in [0.2, 0.25) is 0 Å². The third-order valence-corrected chi connectivity index (χ3v) is 3.95. The van der Waals surface area contributed by atoms with E-state index in [4.69, 9.17) is 0 Å². The summed E-state index contributed by atoms with van der Waals surface area (Å²) in [6, 6.07) is -0.281. The predicted molar refractivity (Wildman–Crippen MR) is 77.7 cm³/mol. The minimum atomic E-state index is -0.784. The number of likely N-dealkylation sites (N-methyl/N-ethyl adjacent to an activating group) is 1. The summed E-state index contributed by atoms with van der Waals surface area (Å²) in [5.41, 5.74) is -0.782. The number of rotatable bonds is 6. The van der Waals surface area contributed by atoms with Gasteiger partial charge >= 0.3 is 12.0 Å². The van der Waals surface area contributed by atoms with Crippen molar-refractivity contribution in [2.75, 3.05) is 33.7 Å². The Morgan fingerprint density at radius 2 is 1.70 bits per heavy atom. The Hall–Kier alpha value is -1.30. The van der Waals surface area contributed by atoms with Gasteiger partial charge in [-0.15, -0.1) is 0 Å².